The molecule has 100 valence electrons. The van der Waals surface area contributed by atoms with E-state index >= 15 is 0 Å². The summed E-state index contributed by atoms with van der Waals surface area (Å²) >= 11 is 0. The van der Waals surface area contributed by atoms with Gasteiger partial charge in [-0.25, -0.2) is 13.1 Å². The van der Waals surface area contributed by atoms with E-state index in [1.165, 1.54) is 0 Å². The first-order chi connectivity index (χ1) is 9.00. The second-order valence-corrected chi connectivity index (χ2v) is 6.23. The topological polar surface area (TPSA) is 46.2 Å². The third kappa shape index (κ3) is 3.22. The van der Waals surface area contributed by atoms with Gasteiger partial charge in [0.15, 0.2) is 0 Å². The van der Waals surface area contributed by atoms with Crippen LogP contribution in [0.4, 0.5) is 0 Å². The molecule has 0 aliphatic rings. The zero-order valence-electron chi connectivity index (χ0n) is 11.0. The predicted octanol–water partition coefficient (Wildman–Crippen LogP) is 3.03. The van der Waals surface area contributed by atoms with Gasteiger partial charge in [0.25, 0.3) is 0 Å². The van der Waals surface area contributed by atoms with Crippen molar-refractivity contribution in [2.24, 2.45) is 0 Å². The van der Waals surface area contributed by atoms with Gasteiger partial charge in [-0.2, -0.15) is 0 Å². The molecule has 0 aliphatic carbocycles. The van der Waals surface area contributed by atoms with E-state index in [2.05, 4.69) is 4.72 Å². The van der Waals surface area contributed by atoms with E-state index in [0.717, 1.165) is 11.1 Å². The van der Waals surface area contributed by atoms with Gasteiger partial charge in [-0.05, 0) is 37.1 Å². The Morgan fingerprint density at radius 2 is 1.53 bits per heavy atom. The summed E-state index contributed by atoms with van der Waals surface area (Å²) in [4.78, 5) is 0.287. The van der Waals surface area contributed by atoms with Crippen LogP contribution in [0.5, 0.6) is 0 Å². The highest BCUT2D eigenvalue weighted by atomic mass is 32.2. The molecule has 0 amide bonds. The van der Waals surface area contributed by atoms with Crippen LogP contribution < -0.4 is 4.72 Å². The van der Waals surface area contributed by atoms with E-state index in [1.54, 1.807) is 30.3 Å². The Morgan fingerprint density at radius 1 is 0.947 bits per heavy atom. The van der Waals surface area contributed by atoms with E-state index in [0.29, 0.717) is 0 Å². The van der Waals surface area contributed by atoms with E-state index in [4.69, 9.17) is 0 Å². The third-order valence-corrected chi connectivity index (χ3v) is 4.60. The van der Waals surface area contributed by atoms with Gasteiger partial charge in [0, 0.05) is 6.04 Å². The quantitative estimate of drug-likeness (QED) is 0.932. The Bertz CT molecular complexity index is 651. The fourth-order valence-corrected chi connectivity index (χ4v) is 3.28. The molecular formula is C15H17NO2S. The lowest BCUT2D eigenvalue weighted by molar-refractivity contribution is 0.566. The van der Waals surface area contributed by atoms with Crippen LogP contribution in [0.15, 0.2) is 59.5 Å². The van der Waals surface area contributed by atoms with Gasteiger partial charge in [0.2, 0.25) is 10.0 Å². The summed E-state index contributed by atoms with van der Waals surface area (Å²) in [6.07, 6.45) is 0. The van der Waals surface area contributed by atoms with Crippen LogP contribution in [0.2, 0.25) is 0 Å². The molecule has 0 bridgehead atoms. The average molecular weight is 275 g/mol. The first-order valence-electron chi connectivity index (χ1n) is 6.13. The second kappa shape index (κ2) is 5.55. The number of benzene rings is 2. The molecule has 0 spiro atoms. The SMILES string of the molecule is Cc1ccccc1C(C)NS(=O)(=O)c1ccccc1. The first-order valence-corrected chi connectivity index (χ1v) is 7.62. The number of hydrogen-bond donors (Lipinski definition) is 1. The Hall–Kier alpha value is -1.65. The number of aryl methyl sites for hydroxylation is 1. The van der Waals surface area contributed by atoms with Crippen molar-refractivity contribution in [3.05, 3.63) is 65.7 Å². The molecule has 0 aliphatic heterocycles. The highest BCUT2D eigenvalue weighted by Gasteiger charge is 2.18. The summed E-state index contributed by atoms with van der Waals surface area (Å²) in [5, 5.41) is 0. The zero-order chi connectivity index (χ0) is 13.9. The molecule has 0 saturated carbocycles. The van der Waals surface area contributed by atoms with Crippen molar-refractivity contribution in [3.63, 3.8) is 0 Å². The normalized spacial score (nSPS) is 13.2. The molecule has 4 heteroatoms. The van der Waals surface area contributed by atoms with Crippen molar-refractivity contribution in [3.8, 4) is 0 Å². The van der Waals surface area contributed by atoms with Crippen molar-refractivity contribution in [2.45, 2.75) is 24.8 Å². The highest BCUT2D eigenvalue weighted by Crippen LogP contribution is 2.19. The van der Waals surface area contributed by atoms with Crippen molar-refractivity contribution >= 4 is 10.0 Å². The summed E-state index contributed by atoms with van der Waals surface area (Å²) in [5.74, 6) is 0. The van der Waals surface area contributed by atoms with Gasteiger partial charge in [0.1, 0.15) is 0 Å². The summed E-state index contributed by atoms with van der Waals surface area (Å²) in [6.45, 7) is 3.82. The Kier molecular flexibility index (Phi) is 4.02. The van der Waals surface area contributed by atoms with Gasteiger partial charge in [-0.3, -0.25) is 0 Å². The van der Waals surface area contributed by atoms with Crippen LogP contribution in [0, 0.1) is 6.92 Å². The largest absolute Gasteiger partial charge is 0.241 e. The first kappa shape index (κ1) is 13.8. The standard InChI is InChI=1S/C15H17NO2S/c1-12-8-6-7-11-15(12)13(2)16-19(17,18)14-9-4-3-5-10-14/h3-11,13,16H,1-2H3. The molecule has 0 radical (unpaired) electrons. The van der Waals surface area contributed by atoms with Gasteiger partial charge in [-0.1, -0.05) is 42.5 Å². The average Bonchev–Trinajstić information content (AvgIpc) is 2.39. The van der Waals surface area contributed by atoms with Crippen molar-refractivity contribution in [1.29, 1.82) is 0 Å². The van der Waals surface area contributed by atoms with Crippen LogP contribution in [0.3, 0.4) is 0 Å². The molecule has 2 rings (SSSR count). The fourth-order valence-electron chi connectivity index (χ4n) is 2.04. The molecule has 0 saturated heterocycles. The Balaban J connectivity index is 2.24. The Morgan fingerprint density at radius 3 is 2.16 bits per heavy atom. The molecule has 19 heavy (non-hydrogen) atoms. The van der Waals surface area contributed by atoms with E-state index in [1.807, 2.05) is 38.1 Å². The number of sulfonamides is 1. The van der Waals surface area contributed by atoms with Crippen LogP contribution in [-0.4, -0.2) is 8.42 Å². The number of nitrogens with one attached hydrogen (secondary N) is 1. The van der Waals surface area contributed by atoms with Crippen LogP contribution in [0.25, 0.3) is 0 Å². The van der Waals surface area contributed by atoms with Gasteiger partial charge < -0.3 is 0 Å². The van der Waals surface area contributed by atoms with Gasteiger partial charge in [-0.15, -0.1) is 0 Å². The zero-order valence-corrected chi connectivity index (χ0v) is 11.8. The van der Waals surface area contributed by atoms with Crippen LogP contribution >= 0.6 is 0 Å². The molecule has 1 N–H and O–H groups in total. The van der Waals surface area contributed by atoms with Crippen LogP contribution in [-0.2, 0) is 10.0 Å². The maximum absolute atomic E-state index is 12.2. The maximum atomic E-state index is 12.2. The fraction of sp³-hybridized carbons (Fsp3) is 0.200. The minimum Gasteiger partial charge on any atom is -0.207 e. The molecule has 0 aromatic heterocycles. The minimum absolute atomic E-state index is 0.258. The minimum atomic E-state index is -3.47. The van der Waals surface area contributed by atoms with E-state index in [9.17, 15) is 8.42 Å². The lowest BCUT2D eigenvalue weighted by atomic mass is 10.0. The summed E-state index contributed by atoms with van der Waals surface area (Å²) in [6, 6.07) is 15.9. The molecule has 3 nitrogen and oxygen atoms in total. The third-order valence-electron chi connectivity index (χ3n) is 3.04. The molecule has 0 heterocycles. The lowest BCUT2D eigenvalue weighted by Gasteiger charge is -2.16. The molecule has 2 aromatic carbocycles. The number of rotatable bonds is 4. The monoisotopic (exact) mass is 275 g/mol. The lowest BCUT2D eigenvalue weighted by Crippen LogP contribution is -2.27. The van der Waals surface area contributed by atoms with Gasteiger partial charge >= 0.3 is 0 Å². The molecular weight excluding hydrogens is 258 g/mol. The van der Waals surface area contributed by atoms with Crippen molar-refractivity contribution in [1.82, 2.24) is 4.72 Å². The van der Waals surface area contributed by atoms with Crippen LogP contribution in [0.1, 0.15) is 24.1 Å². The number of hydrogen-bond acceptors (Lipinski definition) is 2. The summed E-state index contributed by atoms with van der Waals surface area (Å²) < 4.78 is 27.1. The van der Waals surface area contributed by atoms with Gasteiger partial charge in [0.05, 0.1) is 4.90 Å². The summed E-state index contributed by atoms with van der Waals surface area (Å²) in [7, 11) is -3.47. The van der Waals surface area contributed by atoms with Crippen molar-refractivity contribution < 1.29 is 8.42 Å². The van der Waals surface area contributed by atoms with E-state index < -0.39 is 10.0 Å². The Labute approximate surface area is 114 Å². The smallest absolute Gasteiger partial charge is 0.207 e. The highest BCUT2D eigenvalue weighted by molar-refractivity contribution is 7.89. The maximum Gasteiger partial charge on any atom is 0.241 e. The molecule has 1 unspecified atom stereocenters. The predicted molar refractivity (Wildman–Crippen MR) is 76.4 cm³/mol. The molecule has 0 fully saturated rings. The van der Waals surface area contributed by atoms with E-state index in [-0.39, 0.29) is 10.9 Å². The summed E-state index contributed by atoms with van der Waals surface area (Å²) in [5.41, 5.74) is 2.06. The van der Waals surface area contributed by atoms with Crippen molar-refractivity contribution in [2.75, 3.05) is 0 Å². The molecule has 1 atom stereocenters. The second-order valence-electron chi connectivity index (χ2n) is 4.51. The molecule has 2 aromatic rings.